The number of rotatable bonds is 23. The lowest BCUT2D eigenvalue weighted by molar-refractivity contribution is -0.223. The van der Waals surface area contributed by atoms with Gasteiger partial charge in [0.15, 0.2) is 0 Å². The molecule has 4 aliphatic carbocycles. The van der Waals surface area contributed by atoms with E-state index in [4.69, 9.17) is 18.9 Å². The molecule has 0 radical (unpaired) electrons. The molecule has 4 fully saturated rings. The molecule has 0 aliphatic heterocycles. The fraction of sp³-hybridized carbons (Fsp3) is 0.735. The van der Waals surface area contributed by atoms with E-state index in [2.05, 4.69) is 47.4 Å². The van der Waals surface area contributed by atoms with Crippen LogP contribution in [-0.2, 0) is 25.6 Å². The first-order chi connectivity index (χ1) is 26.7. The molecule has 0 heterocycles. The van der Waals surface area contributed by atoms with Crippen molar-refractivity contribution < 1.29 is 23.7 Å². The largest absolute Gasteiger partial charge is 0.445 e. The molecule has 0 spiro atoms. The number of unbranched alkanes of at least 4 members (excludes halogenated alkanes) is 5. The first-order valence-corrected chi connectivity index (χ1v) is 22.3. The molecule has 308 valence electrons. The van der Waals surface area contributed by atoms with Gasteiger partial charge in [0.1, 0.15) is 6.61 Å². The van der Waals surface area contributed by atoms with Crippen molar-refractivity contribution in [1.82, 2.24) is 4.90 Å². The minimum atomic E-state index is -0.176. The molecule has 1 aromatic carbocycles. The van der Waals surface area contributed by atoms with Gasteiger partial charge in [0.25, 0.3) is 0 Å². The van der Waals surface area contributed by atoms with Crippen molar-refractivity contribution in [1.29, 1.82) is 0 Å². The molecule has 6 heteroatoms. The van der Waals surface area contributed by atoms with E-state index in [0.717, 1.165) is 70.0 Å². The maximum atomic E-state index is 13.5. The number of amides is 1. The molecular formula is C49H77NO5. The van der Waals surface area contributed by atoms with Gasteiger partial charge in [0.05, 0.1) is 38.1 Å². The first kappa shape index (κ1) is 43.7. The Morgan fingerprint density at radius 3 is 2.27 bits per heavy atom. The summed E-state index contributed by atoms with van der Waals surface area (Å²) in [4.78, 5) is 15.5. The van der Waals surface area contributed by atoms with Crippen LogP contribution in [0.5, 0.6) is 0 Å². The standard InChI is InChI=1S/C49H77NO5/c1-8-12-13-14-15-19-28-50(47(51)55-36-38-22-17-16-18-23-38)29-20-21-37(5)41-24-25-42-46-43(35-45(49(41,42)7)54-32-11-4)48(6)27-26-40(52-30-9-2)33-39(48)34-44(46)53-31-10-3/h9-11,16-18,22-23,37,39-46H,2-4,8,12-15,19-21,24-36H2,1,5-7H3/t37?,39-,40+,41+,42-,43-,44?,45-,46?,48-,49+/m0/s1. The predicted molar refractivity (Wildman–Crippen MR) is 226 cm³/mol. The number of nitrogens with zero attached hydrogens (tertiary/aromatic N) is 1. The number of carbonyl (C=O) groups excluding carboxylic acids is 1. The van der Waals surface area contributed by atoms with Gasteiger partial charge in [-0.3, -0.25) is 0 Å². The van der Waals surface area contributed by atoms with E-state index in [1.165, 1.54) is 44.9 Å². The van der Waals surface area contributed by atoms with Crippen molar-refractivity contribution >= 4 is 6.09 Å². The van der Waals surface area contributed by atoms with Crippen molar-refractivity contribution in [3.05, 3.63) is 73.9 Å². The molecule has 0 saturated heterocycles. The SMILES string of the molecule is C=CCOC1C[C@@H]2C[C@H](OCC=C)CC[C@]2(C)[C@H]2C[C@H](OCC=C)[C@]3(C)[C@@H](C(C)CCCN(CCCCCCCC)C(=O)OCc4ccccc4)CC[C@H]3C12. The highest BCUT2D eigenvalue weighted by Gasteiger charge is 2.66. The third-order valence-electron chi connectivity index (χ3n) is 15.1. The average Bonchev–Trinajstić information content (AvgIpc) is 3.56. The van der Waals surface area contributed by atoms with Crippen molar-refractivity contribution in [2.45, 2.75) is 149 Å². The lowest BCUT2D eigenvalue weighted by atomic mass is 9.43. The van der Waals surface area contributed by atoms with E-state index in [-0.39, 0.29) is 29.1 Å². The summed E-state index contributed by atoms with van der Waals surface area (Å²) in [6.07, 6.45) is 23.7. The number of benzene rings is 1. The smallest absolute Gasteiger partial charge is 0.410 e. The van der Waals surface area contributed by atoms with Crippen LogP contribution in [0.2, 0.25) is 0 Å². The number of fused-ring (bicyclic) bond motifs is 5. The summed E-state index contributed by atoms with van der Waals surface area (Å²) >= 11 is 0. The molecule has 0 bridgehead atoms. The Morgan fingerprint density at radius 2 is 1.53 bits per heavy atom. The monoisotopic (exact) mass is 760 g/mol. The number of hydrogen-bond acceptors (Lipinski definition) is 5. The molecule has 4 aliphatic rings. The highest BCUT2D eigenvalue weighted by atomic mass is 16.6. The van der Waals surface area contributed by atoms with E-state index in [9.17, 15) is 4.79 Å². The number of carbonyl (C=O) groups is 1. The van der Waals surface area contributed by atoms with Crippen LogP contribution in [0.4, 0.5) is 4.79 Å². The van der Waals surface area contributed by atoms with Gasteiger partial charge in [-0.1, -0.05) is 108 Å². The van der Waals surface area contributed by atoms with Crippen LogP contribution >= 0.6 is 0 Å². The topological polar surface area (TPSA) is 57.2 Å². The summed E-state index contributed by atoms with van der Waals surface area (Å²) in [5.41, 5.74) is 1.34. The number of ether oxygens (including phenoxy) is 4. The van der Waals surface area contributed by atoms with Crippen LogP contribution in [0.3, 0.4) is 0 Å². The summed E-state index contributed by atoms with van der Waals surface area (Å²) in [7, 11) is 0. The Hall–Kier alpha value is -2.41. The van der Waals surface area contributed by atoms with E-state index < -0.39 is 0 Å². The summed E-state index contributed by atoms with van der Waals surface area (Å²) in [5.74, 6) is 3.28. The van der Waals surface area contributed by atoms with Gasteiger partial charge in [0.2, 0.25) is 0 Å². The van der Waals surface area contributed by atoms with Crippen LogP contribution < -0.4 is 0 Å². The maximum Gasteiger partial charge on any atom is 0.410 e. The minimum Gasteiger partial charge on any atom is -0.445 e. The summed E-state index contributed by atoms with van der Waals surface area (Å²) in [6.45, 7) is 25.6. The zero-order valence-corrected chi connectivity index (χ0v) is 35.3. The Labute approximate surface area is 335 Å². The van der Waals surface area contributed by atoms with Gasteiger partial charge in [0, 0.05) is 18.5 Å². The van der Waals surface area contributed by atoms with Gasteiger partial charge in [-0.25, -0.2) is 4.79 Å². The molecule has 5 rings (SSSR count). The Kier molecular flexibility index (Phi) is 17.0. The molecule has 4 saturated carbocycles. The van der Waals surface area contributed by atoms with E-state index in [1.54, 1.807) is 0 Å². The highest BCUT2D eigenvalue weighted by Crippen LogP contribution is 2.69. The van der Waals surface area contributed by atoms with Gasteiger partial charge < -0.3 is 23.8 Å². The second kappa shape index (κ2) is 21.4. The van der Waals surface area contributed by atoms with E-state index in [1.807, 2.05) is 53.5 Å². The van der Waals surface area contributed by atoms with Gasteiger partial charge in [-0.2, -0.15) is 0 Å². The van der Waals surface area contributed by atoms with Crippen LogP contribution in [0, 0.1) is 46.3 Å². The van der Waals surface area contributed by atoms with Crippen molar-refractivity contribution in [3.63, 3.8) is 0 Å². The Bertz CT molecular complexity index is 1330. The summed E-state index contributed by atoms with van der Waals surface area (Å²) in [6, 6.07) is 10.0. The van der Waals surface area contributed by atoms with Gasteiger partial charge in [-0.15, -0.1) is 19.7 Å². The molecule has 1 aromatic rings. The normalized spacial score (nSPS) is 33.1. The van der Waals surface area contributed by atoms with Crippen LogP contribution in [-0.4, -0.2) is 62.2 Å². The average molecular weight is 760 g/mol. The molecular weight excluding hydrogens is 683 g/mol. The molecule has 1 amide bonds. The molecule has 0 N–H and O–H groups in total. The van der Waals surface area contributed by atoms with Crippen molar-refractivity contribution in [2.24, 2.45) is 46.3 Å². The van der Waals surface area contributed by atoms with Crippen molar-refractivity contribution in [2.75, 3.05) is 32.9 Å². The zero-order chi connectivity index (χ0) is 39.3. The second-order valence-corrected chi connectivity index (χ2v) is 18.2. The van der Waals surface area contributed by atoms with E-state index >= 15 is 0 Å². The summed E-state index contributed by atoms with van der Waals surface area (Å²) < 4.78 is 25.9. The molecule has 6 nitrogen and oxygen atoms in total. The predicted octanol–water partition coefficient (Wildman–Crippen LogP) is 12.0. The quantitative estimate of drug-likeness (QED) is 0.0821. The second-order valence-electron chi connectivity index (χ2n) is 18.2. The molecule has 3 unspecified atom stereocenters. The Morgan fingerprint density at radius 1 is 0.836 bits per heavy atom. The van der Waals surface area contributed by atoms with Crippen LogP contribution in [0.25, 0.3) is 0 Å². The Balaban J connectivity index is 1.29. The fourth-order valence-electron chi connectivity index (χ4n) is 12.2. The first-order valence-electron chi connectivity index (χ1n) is 22.3. The number of hydrogen-bond donors (Lipinski definition) is 0. The molecule has 0 aromatic heterocycles. The molecule has 55 heavy (non-hydrogen) atoms. The van der Waals surface area contributed by atoms with Gasteiger partial charge >= 0.3 is 6.09 Å². The van der Waals surface area contributed by atoms with Crippen molar-refractivity contribution in [3.8, 4) is 0 Å². The summed E-state index contributed by atoms with van der Waals surface area (Å²) in [5, 5.41) is 0. The van der Waals surface area contributed by atoms with Crippen LogP contribution in [0.1, 0.15) is 130 Å². The fourth-order valence-corrected chi connectivity index (χ4v) is 12.2. The van der Waals surface area contributed by atoms with Crippen LogP contribution in [0.15, 0.2) is 68.3 Å². The van der Waals surface area contributed by atoms with Gasteiger partial charge in [-0.05, 0) is 111 Å². The zero-order valence-electron chi connectivity index (χ0n) is 35.3. The van der Waals surface area contributed by atoms with E-state index in [0.29, 0.717) is 68.0 Å². The third-order valence-corrected chi connectivity index (χ3v) is 15.1. The minimum absolute atomic E-state index is 0.0552. The molecule has 11 atom stereocenters. The third kappa shape index (κ3) is 10.6. The maximum absolute atomic E-state index is 13.5. The lowest BCUT2D eigenvalue weighted by Gasteiger charge is -2.64. The lowest BCUT2D eigenvalue weighted by Crippen LogP contribution is -2.63. The highest BCUT2D eigenvalue weighted by molar-refractivity contribution is 5.67.